The summed E-state index contributed by atoms with van der Waals surface area (Å²) in [6.45, 7) is 5.83. The molecule has 4 aliphatic rings. The molecule has 3 fully saturated rings. The fraction of sp³-hybridized carbons (Fsp3) is 0.455. The summed E-state index contributed by atoms with van der Waals surface area (Å²) in [4.78, 5) is 18.5. The van der Waals surface area contributed by atoms with Crippen LogP contribution >= 0.6 is 11.8 Å². The van der Waals surface area contributed by atoms with Crippen molar-refractivity contribution < 1.29 is 32.5 Å². The minimum absolute atomic E-state index is 0.0278. The van der Waals surface area contributed by atoms with E-state index in [1.54, 1.807) is 47.7 Å². The molecule has 10 nitrogen and oxygen atoms in total. The number of thioether (sulfide) groups is 1. The molecule has 250 valence electrons. The number of hydrogen-bond donors (Lipinski definition) is 2. The third kappa shape index (κ3) is 7.49. The highest BCUT2D eigenvalue weighted by Gasteiger charge is 2.35. The van der Waals surface area contributed by atoms with E-state index in [9.17, 15) is 28.3 Å². The smallest absolute Gasteiger partial charge is 0.265 e. The lowest BCUT2D eigenvalue weighted by molar-refractivity contribution is -0.143. The molecule has 4 aliphatic heterocycles. The maximum atomic E-state index is 14.9. The first-order chi connectivity index (χ1) is 22.7. The van der Waals surface area contributed by atoms with Gasteiger partial charge in [-0.25, -0.2) is 13.2 Å². The Bertz CT molecular complexity index is 1560. The largest absolute Gasteiger partial charge is 0.486 e. The Balaban J connectivity index is 1.11. The number of carbonyl (C=O) groups excluding carboxylic acids is 1. The van der Waals surface area contributed by atoms with Crippen molar-refractivity contribution >= 4 is 33.9 Å². The molecule has 47 heavy (non-hydrogen) atoms. The van der Waals surface area contributed by atoms with Crippen LogP contribution in [0.5, 0.6) is 5.75 Å². The molecule has 3 saturated heterocycles. The van der Waals surface area contributed by atoms with Crippen LogP contribution in [0.3, 0.4) is 0 Å². The average molecular weight is 671 g/mol. The zero-order chi connectivity index (χ0) is 33.1. The average Bonchev–Trinajstić information content (AvgIpc) is 3.05. The fourth-order valence-electron chi connectivity index (χ4n) is 6.10. The first-order valence-electron chi connectivity index (χ1n) is 15.6. The van der Waals surface area contributed by atoms with Crippen LogP contribution in [0.25, 0.3) is 4.91 Å². The zero-order valence-electron chi connectivity index (χ0n) is 25.9. The summed E-state index contributed by atoms with van der Waals surface area (Å²) in [5, 5.41) is 22.9. The minimum atomic E-state index is -2.64. The van der Waals surface area contributed by atoms with Crippen molar-refractivity contribution in [1.29, 1.82) is 5.26 Å². The Morgan fingerprint density at radius 2 is 1.94 bits per heavy atom. The van der Waals surface area contributed by atoms with Gasteiger partial charge in [0, 0.05) is 67.7 Å². The predicted octanol–water partition coefficient (Wildman–Crippen LogP) is 4.56. The second kappa shape index (κ2) is 14.5. The third-order valence-corrected chi connectivity index (χ3v) is 9.65. The third-order valence-electron chi connectivity index (χ3n) is 8.80. The number of likely N-dealkylation sites (tertiary alicyclic amines) is 1. The molecule has 3 atom stereocenters. The number of alkyl halides is 3. The number of nitriles is 1. The second-order valence-corrected chi connectivity index (χ2v) is 12.9. The molecular formula is C33H37F3N6O4S. The van der Waals surface area contributed by atoms with Crippen LogP contribution in [-0.4, -0.2) is 103 Å². The van der Waals surface area contributed by atoms with E-state index in [2.05, 4.69) is 16.4 Å². The van der Waals surface area contributed by atoms with E-state index in [0.717, 1.165) is 36.8 Å². The lowest BCUT2D eigenvalue weighted by Gasteiger charge is -2.43. The van der Waals surface area contributed by atoms with Gasteiger partial charge in [0.05, 0.1) is 37.1 Å². The van der Waals surface area contributed by atoms with Gasteiger partial charge in [-0.3, -0.25) is 20.1 Å². The molecule has 4 heterocycles. The maximum absolute atomic E-state index is 14.9. The molecule has 14 heteroatoms. The van der Waals surface area contributed by atoms with Crippen LogP contribution in [0.4, 0.5) is 24.5 Å². The summed E-state index contributed by atoms with van der Waals surface area (Å²) in [7, 11) is 0. The van der Waals surface area contributed by atoms with Crippen molar-refractivity contribution in [3.05, 3.63) is 70.9 Å². The van der Waals surface area contributed by atoms with Gasteiger partial charge in [0.15, 0.2) is 6.17 Å². The number of hydrogen-bond acceptors (Lipinski definition) is 10. The molecule has 0 aliphatic carbocycles. The van der Waals surface area contributed by atoms with Crippen molar-refractivity contribution in [2.45, 2.75) is 44.2 Å². The Labute approximate surface area is 276 Å². The van der Waals surface area contributed by atoms with E-state index in [4.69, 9.17) is 9.47 Å². The molecular weight excluding hydrogens is 633 g/mol. The number of amides is 1. The topological polar surface area (TPSA) is 105 Å². The Kier molecular flexibility index (Phi) is 10.2. The van der Waals surface area contributed by atoms with Gasteiger partial charge in [-0.15, -0.1) is 0 Å². The van der Waals surface area contributed by atoms with Crippen LogP contribution in [0, 0.1) is 11.3 Å². The SMILES string of the molecule is C[C@H](O)C(=O)N1CC[C@H](Oc2ccc(C3=CN(Nc4ccc(N5CCN(C6COC6)CC5)c(C(F)F)c4)C=CS3)cc2C#N)[C@H](F)C1. The molecule has 2 aromatic rings. The first kappa shape index (κ1) is 33.0. The van der Waals surface area contributed by atoms with Crippen LogP contribution in [0.2, 0.25) is 0 Å². The van der Waals surface area contributed by atoms with Crippen LogP contribution in [0.15, 0.2) is 54.2 Å². The first-order valence-corrected chi connectivity index (χ1v) is 16.5. The highest BCUT2D eigenvalue weighted by atomic mass is 32.2. The van der Waals surface area contributed by atoms with E-state index >= 15 is 0 Å². The maximum Gasteiger partial charge on any atom is 0.265 e. The molecule has 0 radical (unpaired) electrons. The number of benzene rings is 2. The number of aliphatic hydroxyl groups excluding tert-OH is 1. The number of rotatable bonds is 9. The highest BCUT2D eigenvalue weighted by molar-refractivity contribution is 8.11. The number of halogens is 3. The number of hydrazine groups is 1. The summed E-state index contributed by atoms with van der Waals surface area (Å²) in [6, 6.07) is 12.6. The minimum Gasteiger partial charge on any atom is -0.486 e. The van der Waals surface area contributed by atoms with E-state index in [-0.39, 0.29) is 36.4 Å². The Morgan fingerprint density at radius 3 is 2.60 bits per heavy atom. The number of anilines is 2. The number of nitrogens with one attached hydrogen (secondary N) is 1. The van der Waals surface area contributed by atoms with E-state index in [1.165, 1.54) is 29.7 Å². The molecule has 2 aromatic carbocycles. The van der Waals surface area contributed by atoms with Gasteiger partial charge in [-0.2, -0.15) is 5.26 Å². The van der Waals surface area contributed by atoms with Gasteiger partial charge in [0.2, 0.25) is 0 Å². The number of piperazine rings is 1. The van der Waals surface area contributed by atoms with Gasteiger partial charge in [0.25, 0.3) is 12.3 Å². The van der Waals surface area contributed by atoms with Gasteiger partial charge < -0.3 is 24.4 Å². The number of nitrogens with zero attached hydrogens (tertiary/aromatic N) is 5. The Hall–Kier alpha value is -3.90. The van der Waals surface area contributed by atoms with Crippen LogP contribution < -0.4 is 15.1 Å². The summed E-state index contributed by atoms with van der Waals surface area (Å²) in [5.74, 6) is -0.288. The van der Waals surface area contributed by atoms with Crippen molar-refractivity contribution in [3.63, 3.8) is 0 Å². The highest BCUT2D eigenvalue weighted by Crippen LogP contribution is 2.37. The second-order valence-electron chi connectivity index (χ2n) is 11.9. The van der Waals surface area contributed by atoms with Gasteiger partial charge in [0.1, 0.15) is 24.0 Å². The molecule has 0 unspecified atom stereocenters. The van der Waals surface area contributed by atoms with Crippen molar-refractivity contribution in [3.8, 4) is 11.8 Å². The molecule has 0 spiro atoms. The number of carbonyl (C=O) groups is 1. The van der Waals surface area contributed by atoms with E-state index < -0.39 is 30.7 Å². The molecule has 1 amide bonds. The zero-order valence-corrected chi connectivity index (χ0v) is 26.7. The van der Waals surface area contributed by atoms with Crippen molar-refractivity contribution in [2.75, 3.05) is 62.8 Å². The standard InChI is InChI=1S/C33H37F3N6O4S/c1-21(43)33(44)41-7-6-30(27(34)17-41)46-29-5-2-22(14-23(29)16-37)31-18-42(12-13-47-31)38-24-3-4-28(26(15-24)32(35)36)40-10-8-39(9-11-40)25-19-45-20-25/h2-5,12-15,18,21,25,27,30,32,38,43H,6-11,17,19-20H2,1H3/t21-,27+,30-/m0/s1. The van der Waals surface area contributed by atoms with Crippen molar-refractivity contribution in [1.82, 2.24) is 14.8 Å². The number of piperidine rings is 1. The lowest BCUT2D eigenvalue weighted by Crippen LogP contribution is -2.56. The molecule has 2 N–H and O–H groups in total. The number of ether oxygens (including phenoxy) is 2. The molecule has 6 rings (SSSR count). The van der Waals surface area contributed by atoms with Crippen LogP contribution in [0.1, 0.15) is 36.5 Å². The quantitative estimate of drug-likeness (QED) is 0.395. The normalized spacial score (nSPS) is 22.8. The summed E-state index contributed by atoms with van der Waals surface area (Å²) in [6.07, 6.45) is -2.37. The monoisotopic (exact) mass is 670 g/mol. The summed E-state index contributed by atoms with van der Waals surface area (Å²) in [5.41, 5.74) is 5.14. The number of aliphatic hydroxyl groups is 1. The predicted molar refractivity (Wildman–Crippen MR) is 173 cm³/mol. The molecule has 0 bridgehead atoms. The lowest BCUT2D eigenvalue weighted by atomic mass is 10.0. The van der Waals surface area contributed by atoms with E-state index in [0.29, 0.717) is 30.5 Å². The molecule has 0 aromatic heterocycles. The summed E-state index contributed by atoms with van der Waals surface area (Å²) >= 11 is 1.43. The van der Waals surface area contributed by atoms with Crippen LogP contribution in [-0.2, 0) is 9.53 Å². The molecule has 0 saturated carbocycles. The Morgan fingerprint density at radius 1 is 1.15 bits per heavy atom. The fourth-order valence-corrected chi connectivity index (χ4v) is 6.87. The van der Waals surface area contributed by atoms with Crippen molar-refractivity contribution in [2.24, 2.45) is 0 Å². The van der Waals surface area contributed by atoms with Gasteiger partial charge in [-0.05, 0) is 48.2 Å². The summed E-state index contributed by atoms with van der Waals surface area (Å²) < 4.78 is 54.6. The van der Waals surface area contributed by atoms with Gasteiger partial charge in [-0.1, -0.05) is 17.8 Å². The van der Waals surface area contributed by atoms with Gasteiger partial charge >= 0.3 is 0 Å². The van der Waals surface area contributed by atoms with E-state index in [1.807, 2.05) is 10.3 Å².